The van der Waals surface area contributed by atoms with Crippen molar-refractivity contribution in [2.75, 3.05) is 23.3 Å². The summed E-state index contributed by atoms with van der Waals surface area (Å²) in [5.41, 5.74) is 1.80. The molecule has 0 radical (unpaired) electrons. The number of pyridine rings is 1. The number of amides is 1. The standard InChI is InChI=1S/C17H19N7O/c1-12-2-3-14(18-10-12)20-17(25)13-6-8-23(9-7-13)16-5-4-15-21-19-11-24(15)22-16/h2-5,10-11,13H,6-9H2,1H3,(H,18,20,25). The first kappa shape index (κ1) is 15.5. The summed E-state index contributed by atoms with van der Waals surface area (Å²) in [6.45, 7) is 3.56. The van der Waals surface area contributed by atoms with E-state index in [1.807, 2.05) is 31.2 Å². The number of hydrogen-bond donors (Lipinski definition) is 1. The van der Waals surface area contributed by atoms with Crippen molar-refractivity contribution < 1.29 is 4.79 Å². The third-order valence-corrected chi connectivity index (χ3v) is 4.50. The Kier molecular flexibility index (Phi) is 4.01. The number of anilines is 2. The van der Waals surface area contributed by atoms with Crippen LogP contribution >= 0.6 is 0 Å². The van der Waals surface area contributed by atoms with E-state index in [1.165, 1.54) is 0 Å². The van der Waals surface area contributed by atoms with Gasteiger partial charge in [0, 0.05) is 25.2 Å². The zero-order valence-corrected chi connectivity index (χ0v) is 14.0. The molecule has 128 valence electrons. The van der Waals surface area contributed by atoms with Crippen molar-refractivity contribution in [2.24, 2.45) is 5.92 Å². The van der Waals surface area contributed by atoms with Gasteiger partial charge in [-0.25, -0.2) is 4.98 Å². The monoisotopic (exact) mass is 337 g/mol. The number of aromatic nitrogens is 5. The Morgan fingerprint density at radius 2 is 2.04 bits per heavy atom. The molecule has 1 aliphatic rings. The predicted molar refractivity (Wildman–Crippen MR) is 93.3 cm³/mol. The van der Waals surface area contributed by atoms with Crippen LogP contribution in [0, 0.1) is 12.8 Å². The molecule has 4 heterocycles. The summed E-state index contributed by atoms with van der Waals surface area (Å²) >= 11 is 0. The van der Waals surface area contributed by atoms with E-state index in [0.29, 0.717) is 5.82 Å². The van der Waals surface area contributed by atoms with Gasteiger partial charge in [-0.1, -0.05) is 6.07 Å². The van der Waals surface area contributed by atoms with E-state index in [0.717, 1.165) is 43.0 Å². The van der Waals surface area contributed by atoms with Gasteiger partial charge < -0.3 is 10.2 Å². The molecule has 1 saturated heterocycles. The molecule has 1 N–H and O–H groups in total. The molecule has 3 aromatic rings. The molecule has 0 unspecified atom stereocenters. The van der Waals surface area contributed by atoms with Crippen LogP contribution in [-0.2, 0) is 4.79 Å². The number of aryl methyl sites for hydroxylation is 1. The molecular weight excluding hydrogens is 318 g/mol. The second-order valence-electron chi connectivity index (χ2n) is 6.30. The van der Waals surface area contributed by atoms with Crippen molar-refractivity contribution in [2.45, 2.75) is 19.8 Å². The predicted octanol–water partition coefficient (Wildman–Crippen LogP) is 1.68. The Labute approximate surface area is 144 Å². The van der Waals surface area contributed by atoms with Gasteiger partial charge in [-0.15, -0.1) is 15.3 Å². The minimum absolute atomic E-state index is 0.00186. The molecule has 0 saturated carbocycles. The zero-order chi connectivity index (χ0) is 17.2. The minimum Gasteiger partial charge on any atom is -0.355 e. The van der Waals surface area contributed by atoms with Gasteiger partial charge in [0.2, 0.25) is 5.91 Å². The van der Waals surface area contributed by atoms with E-state index in [-0.39, 0.29) is 11.8 Å². The number of hydrogen-bond acceptors (Lipinski definition) is 6. The van der Waals surface area contributed by atoms with E-state index in [2.05, 4.69) is 30.5 Å². The van der Waals surface area contributed by atoms with Crippen molar-refractivity contribution in [3.63, 3.8) is 0 Å². The fourth-order valence-corrected chi connectivity index (χ4v) is 3.03. The average molecular weight is 337 g/mol. The Bertz CT molecular complexity index is 881. The number of carbonyl (C=O) groups excluding carboxylic acids is 1. The third-order valence-electron chi connectivity index (χ3n) is 4.50. The summed E-state index contributed by atoms with van der Waals surface area (Å²) in [5, 5.41) is 15.2. The summed E-state index contributed by atoms with van der Waals surface area (Å²) in [6.07, 6.45) is 4.93. The Morgan fingerprint density at radius 3 is 2.80 bits per heavy atom. The lowest BCUT2D eigenvalue weighted by Gasteiger charge is -2.31. The number of rotatable bonds is 3. The Morgan fingerprint density at radius 1 is 1.20 bits per heavy atom. The number of nitrogens with zero attached hydrogens (tertiary/aromatic N) is 6. The topological polar surface area (TPSA) is 88.3 Å². The number of piperidine rings is 1. The highest BCUT2D eigenvalue weighted by Gasteiger charge is 2.26. The van der Waals surface area contributed by atoms with Crippen molar-refractivity contribution >= 4 is 23.2 Å². The summed E-state index contributed by atoms with van der Waals surface area (Å²) in [4.78, 5) is 18.9. The van der Waals surface area contributed by atoms with Gasteiger partial charge in [0.15, 0.2) is 5.65 Å². The van der Waals surface area contributed by atoms with Crippen LogP contribution in [0.2, 0.25) is 0 Å². The fourth-order valence-electron chi connectivity index (χ4n) is 3.03. The second-order valence-corrected chi connectivity index (χ2v) is 6.30. The van der Waals surface area contributed by atoms with Crippen LogP contribution in [0.4, 0.5) is 11.6 Å². The minimum atomic E-state index is -0.00186. The van der Waals surface area contributed by atoms with Gasteiger partial charge >= 0.3 is 0 Å². The SMILES string of the molecule is Cc1ccc(NC(=O)C2CCN(c3ccc4nncn4n3)CC2)nc1. The van der Waals surface area contributed by atoms with Crippen LogP contribution in [0.3, 0.4) is 0 Å². The van der Waals surface area contributed by atoms with Crippen LogP contribution in [0.5, 0.6) is 0 Å². The summed E-state index contributed by atoms with van der Waals surface area (Å²) in [6, 6.07) is 7.62. The molecule has 1 fully saturated rings. The first-order chi connectivity index (χ1) is 12.2. The van der Waals surface area contributed by atoms with Crippen LogP contribution in [-0.4, -0.2) is 43.8 Å². The first-order valence-electron chi connectivity index (χ1n) is 8.34. The molecule has 1 aliphatic heterocycles. The molecule has 0 aliphatic carbocycles. The van der Waals surface area contributed by atoms with Crippen molar-refractivity contribution in [1.29, 1.82) is 0 Å². The molecular formula is C17H19N7O. The lowest BCUT2D eigenvalue weighted by atomic mass is 9.96. The normalized spacial score (nSPS) is 15.5. The van der Waals surface area contributed by atoms with Crippen molar-refractivity contribution in [3.8, 4) is 0 Å². The highest BCUT2D eigenvalue weighted by molar-refractivity contribution is 5.91. The van der Waals surface area contributed by atoms with Gasteiger partial charge in [-0.2, -0.15) is 4.52 Å². The highest BCUT2D eigenvalue weighted by Crippen LogP contribution is 2.23. The second kappa shape index (κ2) is 6.46. The summed E-state index contributed by atoms with van der Waals surface area (Å²) in [7, 11) is 0. The molecule has 0 aromatic carbocycles. The molecule has 1 amide bonds. The van der Waals surface area contributed by atoms with E-state index < -0.39 is 0 Å². The molecule has 0 atom stereocenters. The largest absolute Gasteiger partial charge is 0.355 e. The van der Waals surface area contributed by atoms with Gasteiger partial charge in [0.1, 0.15) is 18.0 Å². The molecule has 4 rings (SSSR count). The molecule has 0 spiro atoms. The zero-order valence-electron chi connectivity index (χ0n) is 14.0. The Balaban J connectivity index is 1.37. The van der Waals surface area contributed by atoms with Crippen LogP contribution in [0.1, 0.15) is 18.4 Å². The van der Waals surface area contributed by atoms with Gasteiger partial charge in [-0.3, -0.25) is 4.79 Å². The van der Waals surface area contributed by atoms with E-state index in [4.69, 9.17) is 0 Å². The number of nitrogens with one attached hydrogen (secondary N) is 1. The van der Waals surface area contributed by atoms with Crippen LogP contribution in [0.15, 0.2) is 36.8 Å². The summed E-state index contributed by atoms with van der Waals surface area (Å²) < 4.78 is 1.66. The van der Waals surface area contributed by atoms with Crippen LogP contribution < -0.4 is 10.2 Å². The van der Waals surface area contributed by atoms with Gasteiger partial charge in [0.25, 0.3) is 0 Å². The maximum atomic E-state index is 12.4. The quantitative estimate of drug-likeness (QED) is 0.782. The lowest BCUT2D eigenvalue weighted by Crippen LogP contribution is -2.38. The molecule has 8 heteroatoms. The van der Waals surface area contributed by atoms with E-state index in [9.17, 15) is 4.79 Å². The maximum absolute atomic E-state index is 12.4. The fraction of sp³-hybridized carbons (Fsp3) is 0.353. The van der Waals surface area contributed by atoms with Gasteiger partial charge in [-0.05, 0) is 43.5 Å². The lowest BCUT2D eigenvalue weighted by molar-refractivity contribution is -0.120. The molecule has 8 nitrogen and oxygen atoms in total. The number of carbonyl (C=O) groups is 1. The molecule has 0 bridgehead atoms. The van der Waals surface area contributed by atoms with E-state index in [1.54, 1.807) is 17.0 Å². The first-order valence-corrected chi connectivity index (χ1v) is 8.34. The average Bonchev–Trinajstić information content (AvgIpc) is 3.11. The maximum Gasteiger partial charge on any atom is 0.228 e. The number of fused-ring (bicyclic) bond motifs is 1. The molecule has 3 aromatic heterocycles. The third kappa shape index (κ3) is 3.28. The van der Waals surface area contributed by atoms with Gasteiger partial charge in [0.05, 0.1) is 0 Å². The van der Waals surface area contributed by atoms with Crippen molar-refractivity contribution in [3.05, 3.63) is 42.4 Å². The molecule has 25 heavy (non-hydrogen) atoms. The van der Waals surface area contributed by atoms with Crippen molar-refractivity contribution in [1.82, 2.24) is 24.8 Å². The smallest absolute Gasteiger partial charge is 0.228 e. The highest BCUT2D eigenvalue weighted by atomic mass is 16.1. The summed E-state index contributed by atoms with van der Waals surface area (Å²) in [5.74, 6) is 1.53. The van der Waals surface area contributed by atoms with E-state index >= 15 is 0 Å². The Hall–Kier alpha value is -3.03. The van der Waals surface area contributed by atoms with Crippen LogP contribution in [0.25, 0.3) is 5.65 Å².